The molecule has 1 N–H and O–H groups in total. The molecular formula is C17H27NO. The van der Waals surface area contributed by atoms with Gasteiger partial charge in [-0.3, -0.25) is 0 Å². The van der Waals surface area contributed by atoms with Crippen LogP contribution >= 0.6 is 0 Å². The Morgan fingerprint density at radius 2 is 1.89 bits per heavy atom. The zero-order valence-electron chi connectivity index (χ0n) is 12.5. The highest BCUT2D eigenvalue weighted by Gasteiger charge is 2.13. The SMILES string of the molecule is CC(C)(C)Oc1ccc(CCC2CCCCN2)cc1. The van der Waals surface area contributed by atoms with Gasteiger partial charge in [0.2, 0.25) is 0 Å². The van der Waals surface area contributed by atoms with Crippen LogP contribution in [0.1, 0.15) is 52.0 Å². The summed E-state index contributed by atoms with van der Waals surface area (Å²) in [4.78, 5) is 0. The van der Waals surface area contributed by atoms with Crippen LogP contribution in [0.3, 0.4) is 0 Å². The van der Waals surface area contributed by atoms with Crippen LogP contribution in [-0.2, 0) is 6.42 Å². The summed E-state index contributed by atoms with van der Waals surface area (Å²) in [5.74, 6) is 0.965. The fraction of sp³-hybridized carbons (Fsp3) is 0.647. The lowest BCUT2D eigenvalue weighted by Gasteiger charge is -2.23. The Bertz CT molecular complexity index is 371. The second-order valence-electron chi connectivity index (χ2n) is 6.54. The Balaban J connectivity index is 1.81. The van der Waals surface area contributed by atoms with Gasteiger partial charge in [-0.25, -0.2) is 0 Å². The molecule has 1 aliphatic rings. The first kappa shape index (κ1) is 14.4. The van der Waals surface area contributed by atoms with Crippen LogP contribution in [0.4, 0.5) is 0 Å². The van der Waals surface area contributed by atoms with E-state index < -0.39 is 0 Å². The number of rotatable bonds is 4. The predicted octanol–water partition coefficient (Wildman–Crippen LogP) is 3.94. The summed E-state index contributed by atoms with van der Waals surface area (Å²) in [5, 5.41) is 3.61. The summed E-state index contributed by atoms with van der Waals surface area (Å²) < 4.78 is 5.84. The Kier molecular flexibility index (Phi) is 4.87. The molecule has 1 unspecified atom stereocenters. The zero-order valence-corrected chi connectivity index (χ0v) is 12.5. The summed E-state index contributed by atoms with van der Waals surface area (Å²) in [6.45, 7) is 7.43. The molecule has 1 aromatic carbocycles. The molecule has 0 spiro atoms. The number of ether oxygens (including phenoxy) is 1. The van der Waals surface area contributed by atoms with E-state index in [0.717, 1.165) is 18.2 Å². The van der Waals surface area contributed by atoms with Gasteiger partial charge in [0.05, 0.1) is 0 Å². The van der Waals surface area contributed by atoms with Gasteiger partial charge in [-0.05, 0) is 70.7 Å². The molecule has 0 aromatic heterocycles. The molecule has 0 bridgehead atoms. The van der Waals surface area contributed by atoms with Crippen LogP contribution in [0.2, 0.25) is 0 Å². The van der Waals surface area contributed by atoms with Crippen LogP contribution in [-0.4, -0.2) is 18.2 Å². The van der Waals surface area contributed by atoms with Crippen molar-refractivity contribution >= 4 is 0 Å². The maximum absolute atomic E-state index is 5.84. The highest BCUT2D eigenvalue weighted by Crippen LogP contribution is 2.20. The first-order valence-corrected chi connectivity index (χ1v) is 7.54. The van der Waals surface area contributed by atoms with Gasteiger partial charge in [-0.1, -0.05) is 18.6 Å². The monoisotopic (exact) mass is 261 g/mol. The van der Waals surface area contributed by atoms with E-state index in [1.807, 2.05) is 0 Å². The molecule has 1 aromatic rings. The highest BCUT2D eigenvalue weighted by atomic mass is 16.5. The summed E-state index contributed by atoms with van der Waals surface area (Å²) in [6.07, 6.45) is 6.48. The van der Waals surface area contributed by atoms with Crippen molar-refractivity contribution in [3.05, 3.63) is 29.8 Å². The van der Waals surface area contributed by atoms with Crippen molar-refractivity contribution in [2.75, 3.05) is 6.54 Å². The van der Waals surface area contributed by atoms with Crippen LogP contribution in [0.25, 0.3) is 0 Å². The van der Waals surface area contributed by atoms with E-state index in [9.17, 15) is 0 Å². The molecule has 2 nitrogen and oxygen atoms in total. The van der Waals surface area contributed by atoms with Crippen LogP contribution in [0.5, 0.6) is 5.75 Å². The van der Waals surface area contributed by atoms with Gasteiger partial charge in [0, 0.05) is 6.04 Å². The average molecular weight is 261 g/mol. The Labute approximate surface area is 117 Å². The van der Waals surface area contributed by atoms with Crippen molar-refractivity contribution in [1.82, 2.24) is 5.32 Å². The number of hydrogen-bond donors (Lipinski definition) is 1. The maximum atomic E-state index is 5.84. The third-order valence-corrected chi connectivity index (χ3v) is 3.54. The van der Waals surface area contributed by atoms with Gasteiger partial charge >= 0.3 is 0 Å². The molecule has 2 heteroatoms. The number of aryl methyl sites for hydroxylation is 1. The molecular weight excluding hydrogens is 234 g/mol. The highest BCUT2D eigenvalue weighted by molar-refractivity contribution is 5.27. The fourth-order valence-corrected chi connectivity index (χ4v) is 2.59. The number of hydrogen-bond acceptors (Lipinski definition) is 2. The number of piperidine rings is 1. The van der Waals surface area contributed by atoms with Crippen molar-refractivity contribution in [2.24, 2.45) is 0 Å². The third kappa shape index (κ3) is 5.23. The smallest absolute Gasteiger partial charge is 0.120 e. The van der Waals surface area contributed by atoms with Crippen molar-refractivity contribution in [2.45, 2.75) is 64.5 Å². The largest absolute Gasteiger partial charge is 0.488 e. The molecule has 0 aliphatic carbocycles. The van der Waals surface area contributed by atoms with Gasteiger partial charge in [0.25, 0.3) is 0 Å². The molecule has 1 atom stereocenters. The minimum Gasteiger partial charge on any atom is -0.488 e. The molecule has 1 fully saturated rings. The first-order valence-electron chi connectivity index (χ1n) is 7.54. The van der Waals surface area contributed by atoms with Crippen LogP contribution < -0.4 is 10.1 Å². The third-order valence-electron chi connectivity index (χ3n) is 3.54. The lowest BCUT2D eigenvalue weighted by molar-refractivity contribution is 0.131. The van der Waals surface area contributed by atoms with Gasteiger partial charge in [0.1, 0.15) is 11.4 Å². The zero-order chi connectivity index (χ0) is 13.7. The Hall–Kier alpha value is -1.02. The van der Waals surface area contributed by atoms with E-state index in [-0.39, 0.29) is 5.60 Å². The molecule has 19 heavy (non-hydrogen) atoms. The molecule has 2 rings (SSSR count). The lowest BCUT2D eigenvalue weighted by atomic mass is 9.98. The summed E-state index contributed by atoms with van der Waals surface area (Å²) in [6, 6.07) is 9.30. The van der Waals surface area contributed by atoms with E-state index in [1.165, 1.54) is 37.8 Å². The lowest BCUT2D eigenvalue weighted by Crippen LogP contribution is -2.34. The normalized spacial score (nSPS) is 20.3. The van der Waals surface area contributed by atoms with Crippen molar-refractivity contribution < 1.29 is 4.74 Å². The quantitative estimate of drug-likeness (QED) is 0.886. The van der Waals surface area contributed by atoms with Gasteiger partial charge in [0.15, 0.2) is 0 Å². The van der Waals surface area contributed by atoms with E-state index in [1.54, 1.807) is 0 Å². The van der Waals surface area contributed by atoms with Crippen molar-refractivity contribution in [3.8, 4) is 5.75 Å². The summed E-state index contributed by atoms with van der Waals surface area (Å²) >= 11 is 0. The Morgan fingerprint density at radius 1 is 1.16 bits per heavy atom. The molecule has 0 amide bonds. The van der Waals surface area contributed by atoms with Gasteiger partial charge in [-0.2, -0.15) is 0 Å². The fourth-order valence-electron chi connectivity index (χ4n) is 2.59. The summed E-state index contributed by atoms with van der Waals surface area (Å²) in [7, 11) is 0. The average Bonchev–Trinajstić information content (AvgIpc) is 2.37. The second kappa shape index (κ2) is 6.42. The second-order valence-corrected chi connectivity index (χ2v) is 6.54. The van der Waals surface area contributed by atoms with Gasteiger partial charge in [-0.15, -0.1) is 0 Å². The molecule has 1 heterocycles. The van der Waals surface area contributed by atoms with Crippen molar-refractivity contribution in [3.63, 3.8) is 0 Å². The number of benzene rings is 1. The maximum Gasteiger partial charge on any atom is 0.120 e. The molecule has 1 saturated heterocycles. The van der Waals surface area contributed by atoms with Crippen LogP contribution in [0.15, 0.2) is 24.3 Å². The minimum absolute atomic E-state index is 0.118. The number of nitrogens with one attached hydrogen (secondary N) is 1. The van der Waals surface area contributed by atoms with E-state index in [0.29, 0.717) is 0 Å². The van der Waals surface area contributed by atoms with Crippen LogP contribution in [0, 0.1) is 0 Å². The van der Waals surface area contributed by atoms with Gasteiger partial charge < -0.3 is 10.1 Å². The summed E-state index contributed by atoms with van der Waals surface area (Å²) in [5.41, 5.74) is 1.29. The standard InChI is InChI=1S/C17H27NO/c1-17(2,3)19-16-11-8-14(9-12-16)7-10-15-6-4-5-13-18-15/h8-9,11-12,15,18H,4-7,10,13H2,1-3H3. The minimum atomic E-state index is -0.118. The molecule has 106 valence electrons. The molecule has 0 radical (unpaired) electrons. The topological polar surface area (TPSA) is 21.3 Å². The molecule has 0 saturated carbocycles. The van der Waals surface area contributed by atoms with Crippen molar-refractivity contribution in [1.29, 1.82) is 0 Å². The van der Waals surface area contributed by atoms with E-state index in [2.05, 4.69) is 50.4 Å². The Morgan fingerprint density at radius 3 is 2.47 bits per heavy atom. The van der Waals surface area contributed by atoms with E-state index >= 15 is 0 Å². The predicted molar refractivity (Wildman–Crippen MR) is 80.8 cm³/mol. The first-order chi connectivity index (χ1) is 9.03. The molecule has 1 aliphatic heterocycles. The van der Waals surface area contributed by atoms with E-state index in [4.69, 9.17) is 4.74 Å².